The summed E-state index contributed by atoms with van der Waals surface area (Å²) in [5, 5.41) is 9.38. The zero-order valence-electron chi connectivity index (χ0n) is 16.8. The Morgan fingerprint density at radius 1 is 0.885 bits per heavy atom. The molecule has 0 aliphatic rings. The Hall–Kier alpha value is -0.440. The van der Waals surface area contributed by atoms with E-state index in [2.05, 4.69) is 28.5 Å². The highest BCUT2D eigenvalue weighted by Gasteiger charge is 2.08. The molecule has 5 heteroatoms. The van der Waals surface area contributed by atoms with E-state index in [1.165, 1.54) is 70.6 Å². The number of carbonyl (C=O) groups is 1. The molecule has 0 bridgehead atoms. The van der Waals surface area contributed by atoms with Gasteiger partial charge in [0.05, 0.1) is 6.61 Å². The summed E-state index contributed by atoms with van der Waals surface area (Å²) in [6, 6.07) is 0. The lowest BCUT2D eigenvalue weighted by atomic mass is 10.1. The van der Waals surface area contributed by atoms with Crippen LogP contribution in [0.4, 0.5) is 0 Å². The van der Waals surface area contributed by atoms with Crippen LogP contribution in [-0.2, 0) is 14.1 Å². The first-order valence-corrected chi connectivity index (χ1v) is 11.0. The topological polar surface area (TPSA) is 55.8 Å². The lowest BCUT2D eigenvalue weighted by Gasteiger charge is -2.09. The van der Waals surface area contributed by atoms with Crippen LogP contribution in [0.5, 0.6) is 0 Å². The number of ether oxygens (including phenoxy) is 1. The number of carbonyl (C=O) groups excluding carboxylic acids is 1. The SMILES string of the molecule is CCCCCCCC/C=C\CCCCCCCC(=O)OCC(O)COP. The largest absolute Gasteiger partial charge is 0.463 e. The molecule has 0 amide bonds. The minimum atomic E-state index is -0.745. The molecule has 2 atom stereocenters. The average molecular weight is 389 g/mol. The van der Waals surface area contributed by atoms with Crippen molar-refractivity contribution in [2.75, 3.05) is 13.2 Å². The van der Waals surface area contributed by atoms with Crippen LogP contribution >= 0.6 is 9.47 Å². The Morgan fingerprint density at radius 3 is 2.00 bits per heavy atom. The lowest BCUT2D eigenvalue weighted by Crippen LogP contribution is -2.22. The van der Waals surface area contributed by atoms with Crippen molar-refractivity contribution in [3.8, 4) is 0 Å². The van der Waals surface area contributed by atoms with Crippen LogP contribution in [0.25, 0.3) is 0 Å². The molecule has 0 spiro atoms. The fourth-order valence-electron chi connectivity index (χ4n) is 2.76. The number of allylic oxidation sites excluding steroid dienone is 2. The second-order valence-corrected chi connectivity index (χ2v) is 7.34. The molecule has 0 saturated heterocycles. The third-order valence-electron chi connectivity index (χ3n) is 4.37. The number of unbranched alkanes of at least 4 members (excludes halogenated alkanes) is 11. The van der Waals surface area contributed by atoms with Crippen LogP contribution in [0.15, 0.2) is 12.2 Å². The molecule has 0 aromatic heterocycles. The highest BCUT2D eigenvalue weighted by Crippen LogP contribution is 2.10. The smallest absolute Gasteiger partial charge is 0.305 e. The van der Waals surface area contributed by atoms with Gasteiger partial charge in [0, 0.05) is 15.9 Å². The van der Waals surface area contributed by atoms with Crippen molar-refractivity contribution in [3.63, 3.8) is 0 Å². The highest BCUT2D eigenvalue weighted by molar-refractivity contribution is 7.09. The Kier molecular flexibility index (Phi) is 20.5. The first kappa shape index (κ1) is 25.6. The van der Waals surface area contributed by atoms with E-state index in [1.54, 1.807) is 0 Å². The number of hydrogen-bond acceptors (Lipinski definition) is 4. The molecule has 4 nitrogen and oxygen atoms in total. The zero-order valence-corrected chi connectivity index (χ0v) is 17.9. The van der Waals surface area contributed by atoms with Gasteiger partial charge in [-0.2, -0.15) is 0 Å². The van der Waals surface area contributed by atoms with E-state index in [0.717, 1.165) is 12.8 Å². The summed E-state index contributed by atoms with van der Waals surface area (Å²) >= 11 is 0. The molecule has 26 heavy (non-hydrogen) atoms. The fourth-order valence-corrected chi connectivity index (χ4v) is 2.98. The van der Waals surface area contributed by atoms with Crippen molar-refractivity contribution in [1.82, 2.24) is 0 Å². The van der Waals surface area contributed by atoms with Crippen LogP contribution in [0.2, 0.25) is 0 Å². The Bertz CT molecular complexity index is 334. The van der Waals surface area contributed by atoms with Gasteiger partial charge in [0.15, 0.2) is 0 Å². The molecule has 0 fully saturated rings. The molecule has 0 aliphatic heterocycles. The van der Waals surface area contributed by atoms with Gasteiger partial charge in [-0.05, 0) is 32.1 Å². The zero-order chi connectivity index (χ0) is 19.3. The van der Waals surface area contributed by atoms with E-state index in [9.17, 15) is 9.90 Å². The van der Waals surface area contributed by atoms with E-state index >= 15 is 0 Å². The monoisotopic (exact) mass is 388 g/mol. The van der Waals surface area contributed by atoms with Crippen molar-refractivity contribution in [2.24, 2.45) is 0 Å². The number of aliphatic hydroxyl groups is 1. The summed E-state index contributed by atoms with van der Waals surface area (Å²) in [4.78, 5) is 11.5. The van der Waals surface area contributed by atoms with Crippen LogP contribution < -0.4 is 0 Å². The van der Waals surface area contributed by atoms with Crippen LogP contribution in [0.1, 0.15) is 96.8 Å². The van der Waals surface area contributed by atoms with Gasteiger partial charge < -0.3 is 14.4 Å². The molecular formula is C21H41O4P. The van der Waals surface area contributed by atoms with Crippen LogP contribution in [0.3, 0.4) is 0 Å². The van der Waals surface area contributed by atoms with Gasteiger partial charge in [-0.15, -0.1) is 0 Å². The van der Waals surface area contributed by atoms with E-state index in [0.29, 0.717) is 6.42 Å². The van der Waals surface area contributed by atoms with E-state index in [1.807, 2.05) is 0 Å². The predicted octanol–water partition coefficient (Wildman–Crippen LogP) is 5.73. The summed E-state index contributed by atoms with van der Waals surface area (Å²) in [6.45, 7) is 2.43. The normalized spacial score (nSPS) is 12.6. The van der Waals surface area contributed by atoms with E-state index < -0.39 is 6.10 Å². The summed E-state index contributed by atoms with van der Waals surface area (Å²) < 4.78 is 9.69. The molecule has 2 unspecified atom stereocenters. The maximum Gasteiger partial charge on any atom is 0.305 e. The van der Waals surface area contributed by atoms with Gasteiger partial charge in [0.2, 0.25) is 0 Å². The molecule has 0 heterocycles. The molecule has 0 aliphatic carbocycles. The number of esters is 1. The predicted molar refractivity (Wildman–Crippen MR) is 112 cm³/mol. The van der Waals surface area contributed by atoms with Crippen molar-refractivity contribution < 1.29 is 19.2 Å². The minimum absolute atomic E-state index is 0.0122. The van der Waals surface area contributed by atoms with Crippen LogP contribution in [0, 0.1) is 0 Å². The van der Waals surface area contributed by atoms with Gasteiger partial charge in [0.25, 0.3) is 0 Å². The van der Waals surface area contributed by atoms with E-state index in [4.69, 9.17) is 9.26 Å². The average Bonchev–Trinajstić information content (AvgIpc) is 2.63. The number of hydrogen-bond donors (Lipinski definition) is 1. The summed E-state index contributed by atoms with van der Waals surface area (Å²) in [5.41, 5.74) is 0. The molecule has 1 N–H and O–H groups in total. The molecule has 0 aromatic carbocycles. The third kappa shape index (κ3) is 19.9. The second-order valence-electron chi connectivity index (χ2n) is 7.00. The number of rotatable bonds is 19. The highest BCUT2D eigenvalue weighted by atomic mass is 31.0. The first-order valence-electron chi connectivity index (χ1n) is 10.5. The summed E-state index contributed by atoms with van der Waals surface area (Å²) in [6.07, 6.45) is 20.5. The molecule has 0 saturated carbocycles. The van der Waals surface area contributed by atoms with Crippen molar-refractivity contribution in [1.29, 1.82) is 0 Å². The minimum Gasteiger partial charge on any atom is -0.463 e. The quantitative estimate of drug-likeness (QED) is 0.133. The van der Waals surface area contributed by atoms with Gasteiger partial charge in [-0.3, -0.25) is 4.79 Å². The Labute approximate surface area is 163 Å². The van der Waals surface area contributed by atoms with E-state index in [-0.39, 0.29) is 19.2 Å². The molecule has 0 aromatic rings. The van der Waals surface area contributed by atoms with Crippen molar-refractivity contribution in [3.05, 3.63) is 12.2 Å². The molecule has 0 rings (SSSR count). The molecule has 0 radical (unpaired) electrons. The second kappa shape index (κ2) is 20.9. The van der Waals surface area contributed by atoms with Crippen LogP contribution in [-0.4, -0.2) is 30.4 Å². The lowest BCUT2D eigenvalue weighted by molar-refractivity contribution is -0.147. The van der Waals surface area contributed by atoms with Gasteiger partial charge in [-0.1, -0.05) is 70.4 Å². The maximum atomic E-state index is 11.5. The molecular weight excluding hydrogens is 347 g/mol. The Balaban J connectivity index is 3.25. The maximum absolute atomic E-state index is 11.5. The third-order valence-corrected chi connectivity index (χ3v) is 4.56. The summed E-state index contributed by atoms with van der Waals surface area (Å²) in [7, 11) is 2.06. The van der Waals surface area contributed by atoms with Gasteiger partial charge in [0.1, 0.15) is 12.7 Å². The fraction of sp³-hybridized carbons (Fsp3) is 0.857. The van der Waals surface area contributed by atoms with Gasteiger partial charge >= 0.3 is 5.97 Å². The Morgan fingerprint density at radius 2 is 1.42 bits per heavy atom. The van der Waals surface area contributed by atoms with Crippen molar-refractivity contribution in [2.45, 2.75) is 103 Å². The number of aliphatic hydroxyl groups excluding tert-OH is 1. The molecule has 154 valence electrons. The van der Waals surface area contributed by atoms with Crippen molar-refractivity contribution >= 4 is 15.4 Å². The summed E-state index contributed by atoms with van der Waals surface area (Å²) in [5.74, 6) is -0.231. The van der Waals surface area contributed by atoms with Gasteiger partial charge in [-0.25, -0.2) is 0 Å². The standard InChI is InChI=1S/C21H41O4P/c1-2-3-4-5-6-7-8-9-10-11-12-13-14-15-16-17-21(23)24-18-20(22)19-25-26/h9-10,20,22H,2-8,11-19,26H2,1H3/b10-9-. The first-order chi connectivity index (χ1) is 12.7.